The van der Waals surface area contributed by atoms with Crippen LogP contribution in [0.5, 0.6) is 0 Å². The molecule has 4 heteroatoms. The van der Waals surface area contributed by atoms with Crippen molar-refractivity contribution in [3.8, 4) is 0 Å². The van der Waals surface area contributed by atoms with Crippen molar-refractivity contribution < 1.29 is 9.47 Å². The summed E-state index contributed by atoms with van der Waals surface area (Å²) in [6.07, 6.45) is 0. The Bertz CT molecular complexity index is 597. The van der Waals surface area contributed by atoms with Gasteiger partial charge in [0.05, 0.1) is 38.5 Å². The maximum absolute atomic E-state index is 6.08. The highest BCUT2D eigenvalue weighted by Gasteiger charge is 2.40. The van der Waals surface area contributed by atoms with E-state index in [9.17, 15) is 0 Å². The minimum absolute atomic E-state index is 0.428. The van der Waals surface area contributed by atoms with E-state index >= 15 is 0 Å². The van der Waals surface area contributed by atoms with Crippen LogP contribution in [-0.4, -0.2) is 61.3 Å². The van der Waals surface area contributed by atoms with Crippen LogP contribution in [0.25, 0.3) is 0 Å². The van der Waals surface area contributed by atoms with E-state index in [0.717, 1.165) is 39.4 Å². The first kappa shape index (κ1) is 17.7. The molecule has 3 heterocycles. The zero-order chi connectivity index (χ0) is 17.6. The van der Waals surface area contributed by atoms with E-state index < -0.39 is 0 Å². The van der Waals surface area contributed by atoms with Gasteiger partial charge < -0.3 is 9.47 Å². The van der Waals surface area contributed by atoms with Gasteiger partial charge in [-0.1, -0.05) is 60.7 Å². The van der Waals surface area contributed by atoms with E-state index in [2.05, 4.69) is 58.3 Å². The van der Waals surface area contributed by atoms with Crippen LogP contribution in [0, 0.1) is 0 Å². The highest BCUT2D eigenvalue weighted by molar-refractivity contribution is 5.14. The fourth-order valence-electron chi connectivity index (χ4n) is 4.06. The van der Waals surface area contributed by atoms with Gasteiger partial charge in [-0.15, -0.1) is 0 Å². The number of ether oxygens (including phenoxy) is 2. The molecule has 0 N–H and O–H groups in total. The maximum Gasteiger partial charge on any atom is 0.0717 e. The molecule has 2 atom stereocenters. The molecule has 2 bridgehead atoms. The summed E-state index contributed by atoms with van der Waals surface area (Å²) in [5, 5.41) is 0. The predicted octanol–water partition coefficient (Wildman–Crippen LogP) is 2.79. The molecule has 2 unspecified atom stereocenters. The second kappa shape index (κ2) is 8.78. The molecule has 2 aromatic rings. The third-order valence-electron chi connectivity index (χ3n) is 5.53. The lowest BCUT2D eigenvalue weighted by atomic mass is 9.99. The fraction of sp³-hybridized carbons (Fsp3) is 0.455. The molecule has 0 amide bonds. The summed E-state index contributed by atoms with van der Waals surface area (Å²) in [6, 6.07) is 21.7. The van der Waals surface area contributed by atoms with Gasteiger partial charge in [-0.05, 0) is 11.1 Å². The Morgan fingerprint density at radius 2 is 1.00 bits per heavy atom. The van der Waals surface area contributed by atoms with Gasteiger partial charge in [0.15, 0.2) is 0 Å². The second-order valence-corrected chi connectivity index (χ2v) is 7.21. The standard InChI is InChI=1S/C22H28N2O2/c1-3-7-19(8-4-1)15-25-17-21-22(24-13-11-23(21)12-14-24)18-26-16-20-9-5-2-6-10-20/h1-10,21-22H,11-18H2. The third kappa shape index (κ3) is 4.33. The molecule has 0 aromatic heterocycles. The Balaban J connectivity index is 1.31. The van der Waals surface area contributed by atoms with Crippen LogP contribution in [0.3, 0.4) is 0 Å². The zero-order valence-electron chi connectivity index (χ0n) is 15.3. The van der Waals surface area contributed by atoms with Gasteiger partial charge in [-0.3, -0.25) is 9.80 Å². The first-order chi connectivity index (χ1) is 12.9. The van der Waals surface area contributed by atoms with Crippen molar-refractivity contribution in [2.45, 2.75) is 25.3 Å². The Morgan fingerprint density at radius 1 is 0.615 bits per heavy atom. The molecule has 5 rings (SSSR count). The van der Waals surface area contributed by atoms with Crippen molar-refractivity contribution >= 4 is 0 Å². The van der Waals surface area contributed by atoms with E-state index in [0.29, 0.717) is 25.3 Å². The SMILES string of the molecule is c1ccc(COCC2C(COCc3ccccc3)N3CCN2CC3)cc1. The highest BCUT2D eigenvalue weighted by Crippen LogP contribution is 2.24. The average molecular weight is 352 g/mol. The Kier molecular flexibility index (Phi) is 5.97. The topological polar surface area (TPSA) is 24.9 Å². The number of hydrogen-bond acceptors (Lipinski definition) is 4. The number of piperazine rings is 3. The molecular weight excluding hydrogens is 324 g/mol. The van der Waals surface area contributed by atoms with Crippen molar-refractivity contribution in [2.75, 3.05) is 39.4 Å². The van der Waals surface area contributed by atoms with E-state index in [4.69, 9.17) is 9.47 Å². The lowest BCUT2D eigenvalue weighted by Crippen LogP contribution is -2.68. The maximum atomic E-state index is 6.08. The Hall–Kier alpha value is -1.72. The summed E-state index contributed by atoms with van der Waals surface area (Å²) in [4.78, 5) is 5.17. The van der Waals surface area contributed by atoms with Crippen LogP contribution in [-0.2, 0) is 22.7 Å². The van der Waals surface area contributed by atoms with Gasteiger partial charge in [-0.2, -0.15) is 0 Å². The summed E-state index contributed by atoms with van der Waals surface area (Å²) >= 11 is 0. The smallest absolute Gasteiger partial charge is 0.0717 e. The van der Waals surface area contributed by atoms with E-state index in [1.807, 2.05) is 12.1 Å². The van der Waals surface area contributed by atoms with Gasteiger partial charge >= 0.3 is 0 Å². The monoisotopic (exact) mass is 352 g/mol. The molecule has 3 aliphatic rings. The molecule has 0 aliphatic carbocycles. The fourth-order valence-corrected chi connectivity index (χ4v) is 4.06. The van der Waals surface area contributed by atoms with Crippen LogP contribution < -0.4 is 0 Å². The van der Waals surface area contributed by atoms with E-state index in [-0.39, 0.29) is 0 Å². The van der Waals surface area contributed by atoms with Crippen LogP contribution in [0.2, 0.25) is 0 Å². The third-order valence-corrected chi connectivity index (χ3v) is 5.53. The van der Waals surface area contributed by atoms with Crippen molar-refractivity contribution in [1.82, 2.24) is 9.80 Å². The molecule has 0 spiro atoms. The van der Waals surface area contributed by atoms with Gasteiger partial charge in [0.2, 0.25) is 0 Å². The summed E-state index contributed by atoms with van der Waals surface area (Å²) in [5.41, 5.74) is 2.47. The molecule has 3 fully saturated rings. The summed E-state index contributed by atoms with van der Waals surface area (Å²) in [7, 11) is 0. The number of hydrogen-bond donors (Lipinski definition) is 0. The van der Waals surface area contributed by atoms with Gasteiger partial charge in [0, 0.05) is 26.2 Å². The van der Waals surface area contributed by atoms with Crippen LogP contribution in [0.15, 0.2) is 60.7 Å². The molecule has 0 radical (unpaired) electrons. The molecule has 26 heavy (non-hydrogen) atoms. The molecule has 4 nitrogen and oxygen atoms in total. The molecular formula is C22H28N2O2. The van der Waals surface area contributed by atoms with Crippen molar-refractivity contribution in [3.05, 3.63) is 71.8 Å². The summed E-state index contributed by atoms with van der Waals surface area (Å²) in [5.74, 6) is 0. The molecule has 138 valence electrons. The molecule has 3 aliphatic heterocycles. The van der Waals surface area contributed by atoms with Gasteiger partial charge in [-0.25, -0.2) is 0 Å². The zero-order valence-corrected chi connectivity index (χ0v) is 15.3. The van der Waals surface area contributed by atoms with Crippen molar-refractivity contribution in [2.24, 2.45) is 0 Å². The quantitative estimate of drug-likeness (QED) is 0.729. The number of benzene rings is 2. The molecule has 0 saturated carbocycles. The normalized spacial score (nSPS) is 27.5. The largest absolute Gasteiger partial charge is 0.375 e. The van der Waals surface area contributed by atoms with Crippen LogP contribution >= 0.6 is 0 Å². The average Bonchev–Trinajstić information content (AvgIpc) is 2.71. The molecule has 2 aromatic carbocycles. The Morgan fingerprint density at radius 3 is 1.38 bits per heavy atom. The second-order valence-electron chi connectivity index (χ2n) is 7.21. The van der Waals surface area contributed by atoms with E-state index in [1.165, 1.54) is 11.1 Å². The van der Waals surface area contributed by atoms with Gasteiger partial charge in [0.25, 0.3) is 0 Å². The summed E-state index contributed by atoms with van der Waals surface area (Å²) < 4.78 is 12.2. The first-order valence-electron chi connectivity index (χ1n) is 9.61. The minimum atomic E-state index is 0.428. The predicted molar refractivity (Wildman–Crippen MR) is 103 cm³/mol. The lowest BCUT2D eigenvalue weighted by Gasteiger charge is -2.52. The van der Waals surface area contributed by atoms with Crippen LogP contribution in [0.4, 0.5) is 0 Å². The van der Waals surface area contributed by atoms with Crippen LogP contribution in [0.1, 0.15) is 11.1 Å². The number of rotatable bonds is 8. The minimum Gasteiger partial charge on any atom is -0.375 e. The summed E-state index contributed by atoms with van der Waals surface area (Å²) in [6.45, 7) is 7.49. The lowest BCUT2D eigenvalue weighted by molar-refractivity contribution is -0.0974. The first-order valence-corrected chi connectivity index (χ1v) is 9.61. The number of nitrogens with zero attached hydrogens (tertiary/aromatic N) is 2. The molecule has 3 saturated heterocycles. The van der Waals surface area contributed by atoms with Crippen molar-refractivity contribution in [3.63, 3.8) is 0 Å². The van der Waals surface area contributed by atoms with E-state index in [1.54, 1.807) is 0 Å². The Labute approximate surface area is 156 Å². The van der Waals surface area contributed by atoms with Crippen molar-refractivity contribution in [1.29, 1.82) is 0 Å². The van der Waals surface area contributed by atoms with Gasteiger partial charge in [0.1, 0.15) is 0 Å². The highest BCUT2D eigenvalue weighted by atomic mass is 16.5. The number of fused-ring (bicyclic) bond motifs is 3.